The summed E-state index contributed by atoms with van der Waals surface area (Å²) in [6, 6.07) is 43.6. The van der Waals surface area contributed by atoms with Gasteiger partial charge in [-0.1, -0.05) is 120 Å². The fraction of sp³-hybridized carbons (Fsp3) is 0. The van der Waals surface area contributed by atoms with Gasteiger partial charge in [0.15, 0.2) is 0 Å². The van der Waals surface area contributed by atoms with E-state index in [0.29, 0.717) is 0 Å². The molecule has 2 heteroatoms. The van der Waals surface area contributed by atoms with Gasteiger partial charge in [0.05, 0.1) is 0 Å². The Kier molecular flexibility index (Phi) is 5.52. The summed E-state index contributed by atoms with van der Waals surface area (Å²) in [4.78, 5) is 0. The average molecular weight is 406 g/mol. The summed E-state index contributed by atoms with van der Waals surface area (Å²) >= 11 is 0. The summed E-state index contributed by atoms with van der Waals surface area (Å²) in [7, 11) is 4.39. The summed E-state index contributed by atoms with van der Waals surface area (Å²) < 4.78 is 0. The maximum atomic E-state index is 2.39. The van der Waals surface area contributed by atoms with Gasteiger partial charge >= 0.3 is 0 Å². The Bertz CT molecular complexity index is 1260. The van der Waals surface area contributed by atoms with Crippen molar-refractivity contribution in [1.82, 2.24) is 0 Å². The lowest BCUT2D eigenvalue weighted by Crippen LogP contribution is -2.08. The largest absolute Gasteiger partial charge is 0.140 e. The predicted octanol–water partition coefficient (Wildman–Crippen LogP) is 4.87. The van der Waals surface area contributed by atoms with Gasteiger partial charge in [-0.05, 0) is 56.6 Å². The van der Waals surface area contributed by atoms with Crippen LogP contribution in [0.25, 0.3) is 44.5 Å². The van der Waals surface area contributed by atoms with E-state index in [1.165, 1.54) is 55.4 Å². The first kappa shape index (κ1) is 20.2. The fourth-order valence-corrected chi connectivity index (χ4v) is 4.51. The maximum Gasteiger partial charge on any atom is 0.140 e. The van der Waals surface area contributed by atoms with Crippen molar-refractivity contribution in [3.63, 3.8) is 0 Å². The summed E-state index contributed by atoms with van der Waals surface area (Å²) in [6.07, 6.45) is 0. The molecule has 5 rings (SSSR count). The number of hydrogen-bond donors (Lipinski definition) is 0. The van der Waals surface area contributed by atoms with Gasteiger partial charge in [-0.25, -0.2) is 0 Å². The van der Waals surface area contributed by atoms with Crippen molar-refractivity contribution in [2.75, 3.05) is 0 Å². The molecule has 0 aliphatic rings. The molecule has 5 aromatic carbocycles. The summed E-state index contributed by atoms with van der Waals surface area (Å²) in [5, 5.41) is 0. The van der Waals surface area contributed by atoms with Crippen LogP contribution in [-0.2, 0) is 0 Å². The third-order valence-electron chi connectivity index (χ3n) is 6.20. The standard InChI is InChI=1S/C30H24B2/c31-29-17-9-7-15-23(29)27-20-26(22-13-5-2-6-14-22)28(24-16-8-10-18-30(24)32)19-25(27)21-11-3-1-4-12-21/h1-20H,31-32H2. The molecule has 0 bridgehead atoms. The molecule has 0 atom stereocenters. The molecule has 0 N–H and O–H groups in total. The van der Waals surface area contributed by atoms with E-state index < -0.39 is 0 Å². The van der Waals surface area contributed by atoms with E-state index in [1.807, 2.05) is 0 Å². The highest BCUT2D eigenvalue weighted by atomic mass is 14.2. The molecule has 0 radical (unpaired) electrons. The molecule has 0 nitrogen and oxygen atoms in total. The summed E-state index contributed by atoms with van der Waals surface area (Å²) in [5.74, 6) is 0. The highest BCUT2D eigenvalue weighted by Gasteiger charge is 2.17. The van der Waals surface area contributed by atoms with Crippen LogP contribution in [0.3, 0.4) is 0 Å². The monoisotopic (exact) mass is 406 g/mol. The first-order valence-corrected chi connectivity index (χ1v) is 11.1. The predicted molar refractivity (Wildman–Crippen MR) is 145 cm³/mol. The zero-order valence-electron chi connectivity index (χ0n) is 18.5. The molecule has 0 spiro atoms. The lowest BCUT2D eigenvalue weighted by molar-refractivity contribution is 1.56. The van der Waals surface area contributed by atoms with E-state index in [1.54, 1.807) is 0 Å². The second-order valence-corrected chi connectivity index (χ2v) is 8.31. The van der Waals surface area contributed by atoms with Crippen LogP contribution < -0.4 is 10.9 Å². The van der Waals surface area contributed by atoms with Crippen molar-refractivity contribution in [2.24, 2.45) is 0 Å². The second-order valence-electron chi connectivity index (χ2n) is 8.31. The van der Waals surface area contributed by atoms with E-state index in [9.17, 15) is 0 Å². The molecule has 0 aromatic heterocycles. The van der Waals surface area contributed by atoms with Gasteiger partial charge < -0.3 is 0 Å². The lowest BCUT2D eigenvalue weighted by atomic mass is 9.79. The molecule has 0 aliphatic carbocycles. The molecular weight excluding hydrogens is 382 g/mol. The van der Waals surface area contributed by atoms with E-state index in [4.69, 9.17) is 0 Å². The van der Waals surface area contributed by atoms with Gasteiger partial charge in [0.2, 0.25) is 0 Å². The Hall–Kier alpha value is -3.77. The smallest absolute Gasteiger partial charge is 0.0813 e. The van der Waals surface area contributed by atoms with Crippen molar-refractivity contribution in [1.29, 1.82) is 0 Å². The minimum atomic E-state index is 1.24. The van der Waals surface area contributed by atoms with Gasteiger partial charge in [-0.15, -0.1) is 0 Å². The van der Waals surface area contributed by atoms with Crippen molar-refractivity contribution in [3.05, 3.63) is 121 Å². The summed E-state index contributed by atoms with van der Waals surface area (Å²) in [5.41, 5.74) is 12.7. The highest BCUT2D eigenvalue weighted by molar-refractivity contribution is 6.37. The van der Waals surface area contributed by atoms with Crippen LogP contribution in [0, 0.1) is 0 Å². The van der Waals surface area contributed by atoms with Crippen molar-refractivity contribution < 1.29 is 0 Å². The molecule has 0 unspecified atom stereocenters. The van der Waals surface area contributed by atoms with Crippen LogP contribution in [-0.4, -0.2) is 15.7 Å². The Labute approximate surface area is 192 Å². The van der Waals surface area contributed by atoms with Gasteiger partial charge in [0.1, 0.15) is 15.7 Å². The zero-order chi connectivity index (χ0) is 21.9. The van der Waals surface area contributed by atoms with Crippen LogP contribution in [0.15, 0.2) is 121 Å². The third-order valence-corrected chi connectivity index (χ3v) is 6.20. The van der Waals surface area contributed by atoms with Crippen LogP contribution in [0.1, 0.15) is 0 Å². The molecule has 0 amide bonds. The van der Waals surface area contributed by atoms with E-state index in [2.05, 4.69) is 137 Å². The topological polar surface area (TPSA) is 0 Å². The molecule has 0 saturated carbocycles. The Morgan fingerprint density at radius 1 is 0.312 bits per heavy atom. The molecular formula is C30H24B2. The first-order valence-electron chi connectivity index (χ1n) is 11.1. The first-order chi connectivity index (χ1) is 15.7. The van der Waals surface area contributed by atoms with Crippen LogP contribution in [0.2, 0.25) is 0 Å². The number of rotatable bonds is 4. The van der Waals surface area contributed by atoms with E-state index in [0.717, 1.165) is 0 Å². The molecule has 0 fully saturated rings. The van der Waals surface area contributed by atoms with E-state index in [-0.39, 0.29) is 0 Å². The van der Waals surface area contributed by atoms with Crippen molar-refractivity contribution in [2.45, 2.75) is 0 Å². The number of benzene rings is 5. The third kappa shape index (κ3) is 3.81. The molecule has 150 valence electrons. The Balaban J connectivity index is 1.89. The van der Waals surface area contributed by atoms with Gasteiger partial charge in [-0.3, -0.25) is 0 Å². The quantitative estimate of drug-likeness (QED) is 0.374. The van der Waals surface area contributed by atoms with Crippen LogP contribution in [0.4, 0.5) is 0 Å². The zero-order valence-corrected chi connectivity index (χ0v) is 18.5. The van der Waals surface area contributed by atoms with Crippen molar-refractivity contribution >= 4 is 26.6 Å². The average Bonchev–Trinajstić information content (AvgIpc) is 2.85. The van der Waals surface area contributed by atoms with Gasteiger partial charge in [0, 0.05) is 0 Å². The Morgan fingerprint density at radius 3 is 1.03 bits per heavy atom. The highest BCUT2D eigenvalue weighted by Crippen LogP contribution is 2.41. The molecule has 32 heavy (non-hydrogen) atoms. The summed E-state index contributed by atoms with van der Waals surface area (Å²) in [6.45, 7) is 0. The van der Waals surface area contributed by atoms with Gasteiger partial charge in [0.25, 0.3) is 0 Å². The van der Waals surface area contributed by atoms with E-state index >= 15 is 0 Å². The Morgan fingerprint density at radius 2 is 0.656 bits per heavy atom. The normalized spacial score (nSPS) is 10.8. The fourth-order valence-electron chi connectivity index (χ4n) is 4.51. The molecule has 0 heterocycles. The lowest BCUT2D eigenvalue weighted by Gasteiger charge is -2.20. The minimum Gasteiger partial charge on any atom is -0.0813 e. The van der Waals surface area contributed by atoms with Crippen LogP contribution >= 0.6 is 0 Å². The maximum absolute atomic E-state index is 2.39. The second kappa shape index (κ2) is 8.77. The van der Waals surface area contributed by atoms with Gasteiger partial charge in [-0.2, -0.15) is 0 Å². The molecule has 0 aliphatic heterocycles. The molecule has 0 saturated heterocycles. The SMILES string of the molecule is Bc1ccccc1-c1cc(-c2ccccc2)c(-c2ccccc2B)cc1-c1ccccc1. The number of hydrogen-bond acceptors (Lipinski definition) is 0. The molecule has 5 aromatic rings. The minimum absolute atomic E-state index is 1.24. The van der Waals surface area contributed by atoms with Crippen LogP contribution in [0.5, 0.6) is 0 Å². The van der Waals surface area contributed by atoms with Crippen molar-refractivity contribution in [3.8, 4) is 44.5 Å².